The Hall–Kier alpha value is -3.31. The van der Waals surface area contributed by atoms with Gasteiger partial charge in [-0.2, -0.15) is 0 Å². The topological polar surface area (TPSA) is 115 Å². The van der Waals surface area contributed by atoms with E-state index in [-0.39, 0.29) is 17.7 Å². The van der Waals surface area contributed by atoms with Crippen LogP contribution in [-0.4, -0.2) is 94.7 Å². The summed E-state index contributed by atoms with van der Waals surface area (Å²) in [5, 5.41) is 6.09. The van der Waals surface area contributed by atoms with Gasteiger partial charge in [0.1, 0.15) is 12.1 Å². The molecule has 4 rings (SSSR count). The minimum absolute atomic E-state index is 0.0999. The lowest BCUT2D eigenvalue weighted by molar-refractivity contribution is -0.143. The molecule has 2 N–H and O–H groups in total. The van der Waals surface area contributed by atoms with Crippen LogP contribution in [0.3, 0.4) is 0 Å². The lowest BCUT2D eigenvalue weighted by Crippen LogP contribution is -2.57. The number of hydrogen-bond donors (Lipinski definition) is 2. The van der Waals surface area contributed by atoms with E-state index in [0.717, 1.165) is 92.9 Å². The number of likely N-dealkylation sites (tertiary alicyclic amines) is 1. The van der Waals surface area contributed by atoms with E-state index >= 15 is 0 Å². The van der Waals surface area contributed by atoms with Crippen molar-refractivity contribution in [3.8, 4) is 10.4 Å². The molecule has 10 nitrogen and oxygen atoms in total. The number of carbonyl (C=O) groups excluding carboxylic acids is 4. The highest BCUT2D eigenvalue weighted by Crippen LogP contribution is 2.28. The van der Waals surface area contributed by atoms with Crippen molar-refractivity contribution in [2.24, 2.45) is 5.41 Å². The minimum atomic E-state index is -0.694. The van der Waals surface area contributed by atoms with E-state index in [0.29, 0.717) is 38.3 Å². The summed E-state index contributed by atoms with van der Waals surface area (Å²) in [6.07, 6.45) is 13.5. The zero-order valence-electron chi connectivity index (χ0n) is 33.2. The first-order valence-corrected chi connectivity index (χ1v) is 21.2. The molecule has 0 aliphatic carbocycles. The predicted molar refractivity (Wildman–Crippen MR) is 214 cm³/mol. The van der Waals surface area contributed by atoms with Gasteiger partial charge in [0, 0.05) is 52.1 Å². The van der Waals surface area contributed by atoms with Gasteiger partial charge in [-0.15, -0.1) is 11.3 Å². The zero-order valence-corrected chi connectivity index (χ0v) is 34.0. The number of hydrogen-bond acceptors (Lipinski definition) is 7. The molecule has 3 heterocycles. The van der Waals surface area contributed by atoms with Crippen molar-refractivity contribution in [3.63, 3.8) is 0 Å². The number of unbranched alkanes of at least 4 members (excludes halogenated alkanes) is 9. The fourth-order valence-corrected chi connectivity index (χ4v) is 8.27. The van der Waals surface area contributed by atoms with Crippen molar-refractivity contribution in [2.45, 2.75) is 143 Å². The first kappa shape index (κ1) is 42.4. The van der Waals surface area contributed by atoms with Gasteiger partial charge in [-0.25, -0.2) is 4.98 Å². The van der Waals surface area contributed by atoms with Gasteiger partial charge < -0.3 is 25.3 Å². The van der Waals surface area contributed by atoms with Crippen LogP contribution in [0.25, 0.3) is 10.4 Å². The summed E-state index contributed by atoms with van der Waals surface area (Å²) in [7, 11) is 0. The number of piperazine rings is 1. The van der Waals surface area contributed by atoms with E-state index < -0.39 is 17.5 Å². The van der Waals surface area contributed by atoms with Crippen LogP contribution in [0.1, 0.15) is 129 Å². The largest absolute Gasteiger partial charge is 0.350 e. The number of aromatic nitrogens is 1. The maximum atomic E-state index is 13.9. The molecule has 2 aliphatic heterocycles. The third-order valence-electron chi connectivity index (χ3n) is 10.9. The Balaban J connectivity index is 1.08. The Labute approximate surface area is 322 Å². The average Bonchev–Trinajstić information content (AvgIpc) is 3.82. The maximum Gasteiger partial charge on any atom is 0.246 e. The second-order valence-electron chi connectivity index (χ2n) is 16.1. The monoisotopic (exact) mass is 750 g/mol. The molecule has 2 fully saturated rings. The summed E-state index contributed by atoms with van der Waals surface area (Å²) in [5.41, 5.74) is 4.47. The molecular weight excluding hydrogens is 685 g/mol. The molecule has 2 saturated heterocycles. The van der Waals surface area contributed by atoms with E-state index in [1.807, 2.05) is 50.2 Å². The van der Waals surface area contributed by atoms with Gasteiger partial charge in [0.15, 0.2) is 0 Å². The van der Waals surface area contributed by atoms with E-state index in [4.69, 9.17) is 0 Å². The van der Waals surface area contributed by atoms with Crippen LogP contribution in [0.5, 0.6) is 0 Å². The normalized spacial score (nSPS) is 17.2. The van der Waals surface area contributed by atoms with Crippen LogP contribution in [0.15, 0.2) is 29.8 Å². The smallest absolute Gasteiger partial charge is 0.246 e. The number of amides is 4. The summed E-state index contributed by atoms with van der Waals surface area (Å²) in [6.45, 7) is 15.8. The van der Waals surface area contributed by atoms with Crippen molar-refractivity contribution in [1.29, 1.82) is 0 Å². The zero-order chi connectivity index (χ0) is 38.2. The van der Waals surface area contributed by atoms with Crippen molar-refractivity contribution in [3.05, 3.63) is 41.0 Å². The van der Waals surface area contributed by atoms with Crippen LogP contribution in [0.4, 0.5) is 0 Å². The average molecular weight is 751 g/mol. The van der Waals surface area contributed by atoms with Crippen molar-refractivity contribution < 1.29 is 19.2 Å². The molecule has 0 spiro atoms. The highest BCUT2D eigenvalue weighted by atomic mass is 32.1. The molecule has 294 valence electrons. The number of likely N-dealkylation sites (N-methyl/N-ethyl adjacent to an activating group) is 1. The highest BCUT2D eigenvalue weighted by Gasteiger charge is 2.41. The summed E-state index contributed by atoms with van der Waals surface area (Å²) in [4.78, 5) is 64.3. The van der Waals surface area contributed by atoms with E-state index in [2.05, 4.69) is 39.6 Å². The Morgan fingerprint density at radius 3 is 2.02 bits per heavy atom. The molecule has 53 heavy (non-hydrogen) atoms. The number of thiazole rings is 1. The Morgan fingerprint density at radius 2 is 1.45 bits per heavy atom. The third-order valence-corrected chi connectivity index (χ3v) is 11.9. The lowest BCUT2D eigenvalue weighted by Gasteiger charge is -2.35. The first-order chi connectivity index (χ1) is 25.5. The predicted octanol–water partition coefficient (Wildman–Crippen LogP) is 7.10. The number of carbonyl (C=O) groups is 4. The summed E-state index contributed by atoms with van der Waals surface area (Å²) in [5.74, 6) is -0.102. The SMILES string of the molecule is CCN1CCN(C(=O)CCCCCCCCCCCCC(=O)NC(C(=O)N2CCC[C@H]2C(=O)NCc2ccc(-c3scnc3C)cc2)C(C)(C)C)CC1. The number of rotatable bonds is 20. The number of nitrogens with one attached hydrogen (secondary N) is 2. The van der Waals surface area contributed by atoms with Gasteiger partial charge in [-0.1, -0.05) is 103 Å². The summed E-state index contributed by atoms with van der Waals surface area (Å²) in [6, 6.07) is 6.91. The Bertz CT molecular complexity index is 1450. The van der Waals surface area contributed by atoms with Crippen molar-refractivity contribution in [1.82, 2.24) is 30.3 Å². The number of benzene rings is 1. The molecule has 1 unspecified atom stereocenters. The molecule has 4 amide bonds. The third kappa shape index (κ3) is 13.5. The first-order valence-electron chi connectivity index (χ1n) is 20.3. The molecular formula is C42H66N6O4S. The summed E-state index contributed by atoms with van der Waals surface area (Å²) < 4.78 is 0. The van der Waals surface area contributed by atoms with Crippen LogP contribution < -0.4 is 10.6 Å². The molecule has 1 aromatic carbocycles. The molecule has 11 heteroatoms. The van der Waals surface area contributed by atoms with Crippen molar-refractivity contribution in [2.75, 3.05) is 39.3 Å². The Morgan fingerprint density at radius 1 is 0.849 bits per heavy atom. The van der Waals surface area contributed by atoms with Gasteiger partial charge in [-0.05, 0) is 55.7 Å². The molecule has 0 radical (unpaired) electrons. The lowest BCUT2D eigenvalue weighted by atomic mass is 9.85. The van der Waals surface area contributed by atoms with Crippen LogP contribution in [0.2, 0.25) is 0 Å². The fourth-order valence-electron chi connectivity index (χ4n) is 7.46. The van der Waals surface area contributed by atoms with Crippen molar-refractivity contribution >= 4 is 35.0 Å². The summed E-state index contributed by atoms with van der Waals surface area (Å²) >= 11 is 1.61. The highest BCUT2D eigenvalue weighted by molar-refractivity contribution is 7.13. The molecule has 0 bridgehead atoms. The van der Waals surface area contributed by atoms with Gasteiger partial charge >= 0.3 is 0 Å². The van der Waals surface area contributed by atoms with Crippen LogP contribution in [0, 0.1) is 12.3 Å². The molecule has 2 atom stereocenters. The van der Waals surface area contributed by atoms with E-state index in [1.165, 1.54) is 32.1 Å². The number of nitrogens with zero attached hydrogens (tertiary/aromatic N) is 4. The fraction of sp³-hybridized carbons (Fsp3) is 0.690. The second kappa shape index (κ2) is 21.5. The van der Waals surface area contributed by atoms with Gasteiger partial charge in [-0.3, -0.25) is 19.2 Å². The number of aryl methyl sites for hydroxylation is 1. The van der Waals surface area contributed by atoms with E-state index in [9.17, 15) is 19.2 Å². The van der Waals surface area contributed by atoms with Crippen LogP contribution >= 0.6 is 11.3 Å². The molecule has 2 aliphatic rings. The maximum absolute atomic E-state index is 13.9. The Kier molecular flexibility index (Phi) is 17.3. The van der Waals surface area contributed by atoms with Gasteiger partial charge in [0.25, 0.3) is 0 Å². The molecule has 1 aromatic heterocycles. The standard InChI is InChI=1S/C42H66N6O4S/c1-6-46-26-28-47(29-27-46)37(50)20-16-14-12-10-8-7-9-11-13-15-19-36(49)45-39(42(3,4)5)41(52)48-25-17-18-35(48)40(51)43-30-33-21-23-34(24-22-33)38-32(2)44-31-53-38/h21-24,31,35,39H,6-20,25-30H2,1-5H3,(H,43,51)(H,45,49)/t35-,39?/m0/s1. The minimum Gasteiger partial charge on any atom is -0.350 e. The molecule has 2 aromatic rings. The quantitative estimate of drug-likeness (QED) is 0.140. The van der Waals surface area contributed by atoms with Gasteiger partial charge in [0.05, 0.1) is 16.1 Å². The van der Waals surface area contributed by atoms with Crippen LogP contribution in [-0.2, 0) is 25.7 Å². The molecule has 0 saturated carbocycles. The van der Waals surface area contributed by atoms with Gasteiger partial charge in [0.2, 0.25) is 23.6 Å². The second-order valence-corrected chi connectivity index (χ2v) is 16.9. The van der Waals surface area contributed by atoms with E-state index in [1.54, 1.807) is 16.2 Å².